The minimum atomic E-state index is -5.17. The van der Waals surface area contributed by atoms with Gasteiger partial charge in [0.2, 0.25) is 0 Å². The molecule has 0 radical (unpaired) electrons. The van der Waals surface area contributed by atoms with E-state index in [1.54, 1.807) is 13.8 Å². The number of hydrogen-bond donors (Lipinski definition) is 4. The topological polar surface area (TPSA) is 246 Å². The molecule has 0 aromatic carbocycles. The van der Waals surface area contributed by atoms with Gasteiger partial charge in [-0.2, -0.15) is 5.10 Å². The molecule has 1 unspecified atom stereocenters. The molecule has 0 saturated heterocycles. The third-order valence-electron chi connectivity index (χ3n) is 2.13. The molecule has 10 N–H and O–H groups in total. The molecule has 0 saturated carbocycles. The number of quaternary nitrogens is 2. The SMILES string of the molecule is Cc1cn(C(CC(=O)O)C(=O)O)nc1C.O=S(=O)([O-])[O-].[NH4+].[NH4+]. The van der Waals surface area contributed by atoms with Crippen LogP contribution in [0.25, 0.3) is 0 Å². The van der Waals surface area contributed by atoms with Crippen LogP contribution in [0.2, 0.25) is 0 Å². The van der Waals surface area contributed by atoms with Crippen molar-refractivity contribution in [2.75, 3.05) is 0 Å². The van der Waals surface area contributed by atoms with Gasteiger partial charge in [0.15, 0.2) is 6.04 Å². The summed E-state index contributed by atoms with van der Waals surface area (Å²) in [5, 5.41) is 21.4. The maximum atomic E-state index is 10.8. The average molecular weight is 344 g/mol. The molecule has 0 spiro atoms. The van der Waals surface area contributed by atoms with Crippen LogP contribution < -0.4 is 12.3 Å². The second-order valence-electron chi connectivity index (χ2n) is 3.74. The minimum Gasteiger partial charge on any atom is -0.759 e. The summed E-state index contributed by atoms with van der Waals surface area (Å²) >= 11 is 0. The number of aromatic nitrogens is 2. The van der Waals surface area contributed by atoms with Gasteiger partial charge in [0, 0.05) is 16.6 Å². The maximum absolute atomic E-state index is 10.8. The van der Waals surface area contributed by atoms with E-state index < -0.39 is 34.8 Å². The zero-order chi connectivity index (χ0) is 16.1. The van der Waals surface area contributed by atoms with Gasteiger partial charge in [0.05, 0.1) is 12.1 Å². The molecule has 0 aliphatic heterocycles. The number of nitrogens with zero attached hydrogens (tertiary/aromatic N) is 2. The molecular formula is C9H20N4O8S. The van der Waals surface area contributed by atoms with Gasteiger partial charge in [0.25, 0.3) is 0 Å². The van der Waals surface area contributed by atoms with E-state index in [1.165, 1.54) is 10.9 Å². The fraction of sp³-hybridized carbons (Fsp3) is 0.444. The van der Waals surface area contributed by atoms with Crippen molar-refractivity contribution >= 4 is 22.3 Å². The first-order chi connectivity index (χ1) is 8.91. The molecule has 0 amide bonds. The van der Waals surface area contributed by atoms with Crippen LogP contribution in [-0.4, -0.2) is 49.5 Å². The Labute approximate surface area is 126 Å². The van der Waals surface area contributed by atoms with Crippen molar-refractivity contribution in [3.63, 3.8) is 0 Å². The number of aryl methyl sites for hydroxylation is 2. The third-order valence-corrected chi connectivity index (χ3v) is 2.13. The summed E-state index contributed by atoms with van der Waals surface area (Å²) < 4.78 is 35.3. The number of carbonyl (C=O) groups is 2. The Hall–Kier alpha value is -2.06. The van der Waals surface area contributed by atoms with Crippen LogP contribution in [0.4, 0.5) is 0 Å². The largest absolute Gasteiger partial charge is 0.759 e. The quantitative estimate of drug-likeness (QED) is 0.423. The van der Waals surface area contributed by atoms with Crippen LogP contribution >= 0.6 is 0 Å². The molecular weight excluding hydrogens is 324 g/mol. The Kier molecular flexibility index (Phi) is 11.1. The minimum absolute atomic E-state index is 0. The molecule has 0 aliphatic carbocycles. The highest BCUT2D eigenvalue weighted by Crippen LogP contribution is 2.14. The van der Waals surface area contributed by atoms with Gasteiger partial charge in [-0.05, 0) is 19.4 Å². The fourth-order valence-electron chi connectivity index (χ4n) is 1.19. The molecule has 0 fully saturated rings. The summed E-state index contributed by atoms with van der Waals surface area (Å²) in [6, 6.07) is -1.14. The molecule has 12 nitrogen and oxygen atoms in total. The van der Waals surface area contributed by atoms with Crippen molar-refractivity contribution in [2.24, 2.45) is 0 Å². The lowest BCUT2D eigenvalue weighted by molar-refractivity contribution is -0.147. The first-order valence-corrected chi connectivity index (χ1v) is 6.38. The highest BCUT2D eigenvalue weighted by Gasteiger charge is 2.24. The van der Waals surface area contributed by atoms with Crippen LogP contribution in [0.5, 0.6) is 0 Å². The number of aliphatic carboxylic acids is 2. The molecule has 1 atom stereocenters. The van der Waals surface area contributed by atoms with Crippen molar-refractivity contribution in [1.29, 1.82) is 0 Å². The molecule has 130 valence electrons. The van der Waals surface area contributed by atoms with Crippen molar-refractivity contribution in [3.8, 4) is 0 Å². The van der Waals surface area contributed by atoms with Crippen LogP contribution in [0.1, 0.15) is 23.7 Å². The highest BCUT2D eigenvalue weighted by atomic mass is 32.3. The van der Waals surface area contributed by atoms with E-state index in [0.717, 1.165) is 5.56 Å². The number of carboxylic acids is 2. The van der Waals surface area contributed by atoms with E-state index in [0.29, 0.717) is 5.69 Å². The molecule has 1 aromatic heterocycles. The highest BCUT2D eigenvalue weighted by molar-refractivity contribution is 7.79. The molecule has 0 aliphatic rings. The summed E-state index contributed by atoms with van der Waals surface area (Å²) in [7, 11) is -5.17. The van der Waals surface area contributed by atoms with E-state index in [-0.39, 0.29) is 12.3 Å². The van der Waals surface area contributed by atoms with Crippen molar-refractivity contribution in [2.45, 2.75) is 26.3 Å². The lowest BCUT2D eigenvalue weighted by Gasteiger charge is -2.09. The van der Waals surface area contributed by atoms with E-state index >= 15 is 0 Å². The monoisotopic (exact) mass is 344 g/mol. The van der Waals surface area contributed by atoms with Crippen molar-refractivity contribution in [3.05, 3.63) is 17.5 Å². The Morgan fingerprint density at radius 2 is 1.68 bits per heavy atom. The summed E-state index contributed by atoms with van der Waals surface area (Å²) in [6.07, 6.45) is 1.06. The smallest absolute Gasteiger partial charge is 0.329 e. The molecule has 22 heavy (non-hydrogen) atoms. The normalized spacial score (nSPS) is 11.1. The molecule has 13 heteroatoms. The van der Waals surface area contributed by atoms with Crippen LogP contribution in [-0.2, 0) is 20.0 Å². The molecule has 1 rings (SSSR count). The Balaban J connectivity index is -0.000000452. The maximum Gasteiger partial charge on any atom is 0.329 e. The summed E-state index contributed by atoms with van der Waals surface area (Å²) in [5.41, 5.74) is 1.54. The Bertz CT molecular complexity index is 569. The number of rotatable bonds is 4. The predicted octanol–water partition coefficient (Wildman–Crippen LogP) is 0.0147. The van der Waals surface area contributed by atoms with E-state index in [9.17, 15) is 9.59 Å². The first-order valence-electron chi connectivity index (χ1n) is 5.05. The van der Waals surface area contributed by atoms with Gasteiger partial charge < -0.3 is 31.6 Å². The standard InChI is InChI=1S/C9H12N2O4.2H3N.H2O4S/c1-5-4-11(10-6(5)2)7(9(14)15)3-8(12)13;;;1-5(2,3)4/h4,7H,3H2,1-2H3,(H,12,13)(H,14,15);2*1H3;(H2,1,2,3,4). The summed E-state index contributed by atoms with van der Waals surface area (Å²) in [5.74, 6) is -2.35. The third kappa shape index (κ3) is 10.7. The zero-order valence-corrected chi connectivity index (χ0v) is 13.3. The number of carboxylic acid groups (broad SMARTS) is 2. The Morgan fingerprint density at radius 3 is 1.91 bits per heavy atom. The number of hydrogen-bond acceptors (Lipinski definition) is 7. The second kappa shape index (κ2) is 9.80. The van der Waals surface area contributed by atoms with Crippen LogP contribution in [0, 0.1) is 13.8 Å². The lowest BCUT2D eigenvalue weighted by Crippen LogP contribution is -2.22. The van der Waals surface area contributed by atoms with Gasteiger partial charge in [-0.15, -0.1) is 0 Å². The molecule has 0 bridgehead atoms. The predicted molar refractivity (Wildman–Crippen MR) is 73.1 cm³/mol. The molecule has 1 heterocycles. The van der Waals surface area contributed by atoms with Gasteiger partial charge in [-0.3, -0.25) is 17.9 Å². The van der Waals surface area contributed by atoms with Crippen molar-refractivity contribution < 1.29 is 37.3 Å². The van der Waals surface area contributed by atoms with Crippen LogP contribution in [0.3, 0.4) is 0 Å². The average Bonchev–Trinajstić information content (AvgIpc) is 2.52. The van der Waals surface area contributed by atoms with E-state index in [2.05, 4.69) is 5.10 Å². The zero-order valence-electron chi connectivity index (χ0n) is 12.5. The van der Waals surface area contributed by atoms with Crippen LogP contribution in [0.15, 0.2) is 6.20 Å². The van der Waals surface area contributed by atoms with Gasteiger partial charge in [-0.25, -0.2) is 4.79 Å². The summed E-state index contributed by atoms with van der Waals surface area (Å²) in [4.78, 5) is 21.3. The second-order valence-corrected chi connectivity index (χ2v) is 4.55. The first kappa shape index (κ1) is 24.9. The van der Waals surface area contributed by atoms with Gasteiger partial charge in [0.1, 0.15) is 0 Å². The lowest BCUT2D eigenvalue weighted by atomic mass is 10.2. The van der Waals surface area contributed by atoms with E-state index in [1.807, 2.05) is 0 Å². The van der Waals surface area contributed by atoms with Gasteiger partial charge in [-0.1, -0.05) is 0 Å². The fourth-order valence-corrected chi connectivity index (χ4v) is 1.19. The summed E-state index contributed by atoms with van der Waals surface area (Å²) in [6.45, 7) is 3.53. The molecule has 1 aromatic rings. The van der Waals surface area contributed by atoms with Crippen molar-refractivity contribution in [1.82, 2.24) is 22.1 Å². The van der Waals surface area contributed by atoms with Gasteiger partial charge >= 0.3 is 11.9 Å². The Morgan fingerprint density at radius 1 is 1.27 bits per heavy atom. The van der Waals surface area contributed by atoms with E-state index in [4.69, 9.17) is 27.7 Å².